The summed E-state index contributed by atoms with van der Waals surface area (Å²) in [6.45, 7) is 0.208. The molecule has 0 atom stereocenters. The van der Waals surface area contributed by atoms with Gasteiger partial charge in [0.1, 0.15) is 4.90 Å². The molecule has 0 spiro atoms. The van der Waals surface area contributed by atoms with Crippen LogP contribution in [0, 0.1) is 0 Å². The van der Waals surface area contributed by atoms with Crippen molar-refractivity contribution in [3.8, 4) is 0 Å². The zero-order valence-electron chi connectivity index (χ0n) is 11.6. The van der Waals surface area contributed by atoms with Gasteiger partial charge in [0.15, 0.2) is 0 Å². The standard InChI is InChI=1S/C13H20N4O3S/c14-17-11-4-1-2-5-12(11)21(19,20)15-9-3-6-13(18)16-10-7-8-10/h1-2,4-5,10,15,17H,3,6-9,14H2,(H,16,18). The maximum atomic E-state index is 12.1. The van der Waals surface area contributed by atoms with Gasteiger partial charge in [0, 0.05) is 19.0 Å². The minimum atomic E-state index is -3.64. The van der Waals surface area contributed by atoms with E-state index in [0.29, 0.717) is 24.6 Å². The molecule has 2 rings (SSSR count). The second-order valence-corrected chi connectivity index (χ2v) is 6.72. The van der Waals surface area contributed by atoms with Crippen LogP contribution in [0.3, 0.4) is 0 Å². The Hall–Kier alpha value is -1.64. The third-order valence-electron chi connectivity index (χ3n) is 3.15. The van der Waals surface area contributed by atoms with Gasteiger partial charge < -0.3 is 10.7 Å². The maximum Gasteiger partial charge on any atom is 0.242 e. The largest absolute Gasteiger partial charge is 0.353 e. The van der Waals surface area contributed by atoms with Crippen molar-refractivity contribution < 1.29 is 13.2 Å². The van der Waals surface area contributed by atoms with E-state index in [1.807, 2.05) is 0 Å². The summed E-state index contributed by atoms with van der Waals surface area (Å²) in [6, 6.07) is 6.70. The van der Waals surface area contributed by atoms with Crippen molar-refractivity contribution in [3.05, 3.63) is 24.3 Å². The molecule has 0 aliphatic heterocycles. The number of carbonyl (C=O) groups is 1. The molecule has 1 aliphatic carbocycles. The fourth-order valence-corrected chi connectivity index (χ4v) is 3.12. The second-order valence-electron chi connectivity index (χ2n) is 4.98. The first-order chi connectivity index (χ1) is 10.0. The van der Waals surface area contributed by atoms with Gasteiger partial charge in [0.05, 0.1) is 5.69 Å². The minimum Gasteiger partial charge on any atom is -0.353 e. The van der Waals surface area contributed by atoms with Gasteiger partial charge in [0.25, 0.3) is 0 Å². The molecule has 8 heteroatoms. The van der Waals surface area contributed by atoms with Gasteiger partial charge in [-0.25, -0.2) is 13.1 Å². The highest BCUT2D eigenvalue weighted by atomic mass is 32.2. The molecule has 1 aliphatic rings. The van der Waals surface area contributed by atoms with Gasteiger partial charge in [0.2, 0.25) is 15.9 Å². The summed E-state index contributed by atoms with van der Waals surface area (Å²) in [4.78, 5) is 11.6. The van der Waals surface area contributed by atoms with Crippen LogP contribution in [0.15, 0.2) is 29.2 Å². The van der Waals surface area contributed by atoms with E-state index in [1.54, 1.807) is 18.2 Å². The van der Waals surface area contributed by atoms with Gasteiger partial charge in [-0.15, -0.1) is 0 Å². The minimum absolute atomic E-state index is 0.0271. The van der Waals surface area contributed by atoms with Crippen LogP contribution < -0.4 is 21.3 Å². The first kappa shape index (κ1) is 15.7. The zero-order chi connectivity index (χ0) is 15.3. The highest BCUT2D eigenvalue weighted by Gasteiger charge is 2.23. The average molecular weight is 312 g/mol. The lowest BCUT2D eigenvalue weighted by molar-refractivity contribution is -0.121. The number of para-hydroxylation sites is 1. The SMILES string of the molecule is NNc1ccccc1S(=O)(=O)NCCCC(=O)NC1CC1. The molecule has 0 heterocycles. The summed E-state index contributed by atoms with van der Waals surface area (Å²) in [6.07, 6.45) is 2.86. The van der Waals surface area contributed by atoms with Crippen molar-refractivity contribution in [1.82, 2.24) is 10.0 Å². The molecule has 0 saturated heterocycles. The van der Waals surface area contributed by atoms with E-state index in [0.717, 1.165) is 12.8 Å². The molecular weight excluding hydrogens is 292 g/mol. The Bertz CT molecular complexity index is 599. The summed E-state index contributed by atoms with van der Waals surface area (Å²) in [7, 11) is -3.64. The Balaban J connectivity index is 1.82. The quantitative estimate of drug-likeness (QED) is 0.313. The van der Waals surface area contributed by atoms with E-state index in [1.165, 1.54) is 6.07 Å². The molecule has 0 bridgehead atoms. The maximum absolute atomic E-state index is 12.1. The van der Waals surface area contributed by atoms with Crippen LogP contribution in [0.2, 0.25) is 0 Å². The topological polar surface area (TPSA) is 113 Å². The number of hydrogen-bond donors (Lipinski definition) is 4. The van der Waals surface area contributed by atoms with Crippen molar-refractivity contribution in [1.29, 1.82) is 0 Å². The molecule has 1 saturated carbocycles. The van der Waals surface area contributed by atoms with Gasteiger partial charge in [-0.05, 0) is 31.4 Å². The second kappa shape index (κ2) is 6.88. The number of anilines is 1. The molecule has 1 aromatic carbocycles. The van der Waals surface area contributed by atoms with Crippen molar-refractivity contribution >= 4 is 21.6 Å². The summed E-state index contributed by atoms with van der Waals surface area (Å²) >= 11 is 0. The Morgan fingerprint density at radius 2 is 2.00 bits per heavy atom. The predicted octanol–water partition coefficient (Wildman–Crippen LogP) is 0.309. The van der Waals surface area contributed by atoms with Crippen LogP contribution in [0.4, 0.5) is 5.69 Å². The lowest BCUT2D eigenvalue weighted by Crippen LogP contribution is -2.29. The van der Waals surface area contributed by atoms with Gasteiger partial charge in [-0.2, -0.15) is 0 Å². The fourth-order valence-electron chi connectivity index (χ4n) is 1.88. The van der Waals surface area contributed by atoms with Crippen LogP contribution in [0.25, 0.3) is 0 Å². The smallest absolute Gasteiger partial charge is 0.242 e. The lowest BCUT2D eigenvalue weighted by atomic mass is 10.3. The fraction of sp³-hybridized carbons (Fsp3) is 0.462. The Morgan fingerprint density at radius 3 is 2.67 bits per heavy atom. The van der Waals surface area contributed by atoms with E-state index in [2.05, 4.69) is 15.5 Å². The lowest BCUT2D eigenvalue weighted by Gasteiger charge is -2.10. The average Bonchev–Trinajstić information content (AvgIpc) is 3.27. The summed E-state index contributed by atoms with van der Waals surface area (Å²) in [5.74, 6) is 5.27. The number of nitrogens with two attached hydrogens (primary N) is 1. The van der Waals surface area contributed by atoms with Crippen molar-refractivity contribution in [2.24, 2.45) is 5.84 Å². The molecule has 1 aromatic rings. The number of nitrogens with one attached hydrogen (secondary N) is 3. The van der Waals surface area contributed by atoms with Crippen LogP contribution in [-0.4, -0.2) is 26.9 Å². The number of hydrogen-bond acceptors (Lipinski definition) is 5. The highest BCUT2D eigenvalue weighted by Crippen LogP contribution is 2.20. The molecule has 21 heavy (non-hydrogen) atoms. The normalized spacial score (nSPS) is 14.7. The number of benzene rings is 1. The molecular formula is C13H20N4O3S. The third kappa shape index (κ3) is 4.69. The van der Waals surface area contributed by atoms with E-state index in [4.69, 9.17) is 5.84 Å². The molecule has 0 unspecified atom stereocenters. The van der Waals surface area contributed by atoms with Crippen LogP contribution in [-0.2, 0) is 14.8 Å². The first-order valence-electron chi connectivity index (χ1n) is 6.87. The number of sulfonamides is 1. The van der Waals surface area contributed by atoms with E-state index >= 15 is 0 Å². The van der Waals surface area contributed by atoms with Crippen LogP contribution >= 0.6 is 0 Å². The van der Waals surface area contributed by atoms with E-state index in [9.17, 15) is 13.2 Å². The Labute approximate surface area is 124 Å². The summed E-state index contributed by atoms with van der Waals surface area (Å²) in [5.41, 5.74) is 2.69. The Morgan fingerprint density at radius 1 is 1.29 bits per heavy atom. The Kier molecular flexibility index (Phi) is 5.16. The summed E-state index contributed by atoms with van der Waals surface area (Å²) in [5, 5.41) is 2.86. The number of rotatable bonds is 8. The monoisotopic (exact) mass is 312 g/mol. The summed E-state index contributed by atoms with van der Waals surface area (Å²) < 4.78 is 26.7. The van der Waals surface area contributed by atoms with E-state index in [-0.39, 0.29) is 17.3 Å². The predicted molar refractivity (Wildman–Crippen MR) is 79.8 cm³/mol. The molecule has 1 amide bonds. The van der Waals surface area contributed by atoms with Gasteiger partial charge >= 0.3 is 0 Å². The van der Waals surface area contributed by atoms with Crippen LogP contribution in [0.1, 0.15) is 25.7 Å². The number of carbonyl (C=O) groups excluding carboxylic acids is 1. The van der Waals surface area contributed by atoms with Crippen LogP contribution in [0.5, 0.6) is 0 Å². The molecule has 1 fully saturated rings. The molecule has 7 nitrogen and oxygen atoms in total. The molecule has 5 N–H and O–H groups in total. The number of hydrazine groups is 1. The molecule has 0 radical (unpaired) electrons. The van der Waals surface area contributed by atoms with Gasteiger partial charge in [-0.1, -0.05) is 12.1 Å². The third-order valence-corrected chi connectivity index (χ3v) is 4.67. The van der Waals surface area contributed by atoms with Crippen molar-refractivity contribution in [2.75, 3.05) is 12.0 Å². The number of amides is 1. The van der Waals surface area contributed by atoms with E-state index < -0.39 is 10.0 Å². The zero-order valence-corrected chi connectivity index (χ0v) is 12.4. The van der Waals surface area contributed by atoms with Crippen molar-refractivity contribution in [3.63, 3.8) is 0 Å². The number of nitrogen functional groups attached to an aromatic ring is 1. The molecule has 116 valence electrons. The molecule has 0 aromatic heterocycles. The van der Waals surface area contributed by atoms with Crippen molar-refractivity contribution in [2.45, 2.75) is 36.6 Å². The highest BCUT2D eigenvalue weighted by molar-refractivity contribution is 7.89. The first-order valence-corrected chi connectivity index (χ1v) is 8.36. The van der Waals surface area contributed by atoms with Gasteiger partial charge in [-0.3, -0.25) is 10.6 Å².